The molecule has 21 heavy (non-hydrogen) atoms. The summed E-state index contributed by atoms with van der Waals surface area (Å²) in [6.07, 6.45) is 4.35. The average Bonchev–Trinajstić information content (AvgIpc) is 3.07. The van der Waals surface area contributed by atoms with Gasteiger partial charge in [-0.25, -0.2) is 0 Å². The van der Waals surface area contributed by atoms with Gasteiger partial charge in [0.15, 0.2) is 0 Å². The van der Waals surface area contributed by atoms with Crippen LogP contribution in [0, 0.1) is 29.1 Å². The summed E-state index contributed by atoms with van der Waals surface area (Å²) in [7, 11) is 0. The normalized spacial score (nSPS) is 41.9. The first kappa shape index (κ1) is 12.7. The average molecular weight is 348 g/mol. The molecule has 1 unspecified atom stereocenters. The molecule has 3 aliphatic carbocycles. The summed E-state index contributed by atoms with van der Waals surface area (Å²) < 4.78 is 0.990. The van der Waals surface area contributed by atoms with E-state index in [1.54, 1.807) is 4.90 Å². The minimum Gasteiger partial charge on any atom is -0.373 e. The van der Waals surface area contributed by atoms with Crippen LogP contribution in [-0.2, 0) is 4.79 Å². The number of hydrogen-bond donors (Lipinski definition) is 1. The van der Waals surface area contributed by atoms with E-state index in [1.807, 2.05) is 24.3 Å². The number of benzene rings is 1. The van der Waals surface area contributed by atoms with Crippen LogP contribution in [0.4, 0.5) is 5.69 Å². The van der Waals surface area contributed by atoms with E-state index < -0.39 is 6.23 Å². The number of carbonyl (C=O) groups excluding carboxylic acids is 1. The molecule has 1 saturated heterocycles. The zero-order chi connectivity index (χ0) is 14.4. The summed E-state index contributed by atoms with van der Waals surface area (Å²) in [5.74, 6) is 1.52. The number of anilines is 1. The molecule has 1 amide bonds. The van der Waals surface area contributed by atoms with Crippen molar-refractivity contribution < 1.29 is 9.90 Å². The SMILES string of the molecule is O=C1[C@H]2[C@@H](C(O)N1c1ccc(Br)cc1)[C@H]1CC[C@@H]2C12CC2. The Hall–Kier alpha value is -0.870. The van der Waals surface area contributed by atoms with E-state index in [0.717, 1.165) is 10.2 Å². The molecule has 2 bridgehead atoms. The van der Waals surface area contributed by atoms with Gasteiger partial charge in [-0.05, 0) is 67.2 Å². The third-order valence-corrected chi connectivity index (χ3v) is 7.17. The van der Waals surface area contributed by atoms with E-state index in [0.29, 0.717) is 17.3 Å². The largest absolute Gasteiger partial charge is 0.373 e. The van der Waals surface area contributed by atoms with Crippen LogP contribution in [0.25, 0.3) is 0 Å². The molecular weight excluding hydrogens is 330 g/mol. The lowest BCUT2D eigenvalue weighted by Crippen LogP contribution is -2.38. The van der Waals surface area contributed by atoms with Crippen molar-refractivity contribution in [2.75, 3.05) is 4.90 Å². The van der Waals surface area contributed by atoms with Gasteiger partial charge in [-0.2, -0.15) is 0 Å². The highest BCUT2D eigenvalue weighted by Crippen LogP contribution is 2.76. The molecule has 110 valence electrons. The lowest BCUT2D eigenvalue weighted by molar-refractivity contribution is -0.122. The van der Waals surface area contributed by atoms with Crippen molar-refractivity contribution in [2.45, 2.75) is 31.9 Å². The second-order valence-corrected chi connectivity index (χ2v) is 8.14. The Labute approximate surface area is 132 Å². The number of aliphatic hydroxyl groups is 1. The van der Waals surface area contributed by atoms with Crippen LogP contribution < -0.4 is 4.90 Å². The van der Waals surface area contributed by atoms with Crippen molar-refractivity contribution in [3.05, 3.63) is 28.7 Å². The summed E-state index contributed by atoms with van der Waals surface area (Å²) in [5, 5.41) is 10.8. The van der Waals surface area contributed by atoms with Gasteiger partial charge in [0, 0.05) is 22.0 Å². The lowest BCUT2D eigenvalue weighted by atomic mass is 9.81. The van der Waals surface area contributed by atoms with Gasteiger partial charge in [-0.1, -0.05) is 15.9 Å². The van der Waals surface area contributed by atoms with E-state index in [4.69, 9.17) is 0 Å². The minimum atomic E-state index is -0.628. The van der Waals surface area contributed by atoms with Gasteiger partial charge in [0.2, 0.25) is 5.91 Å². The van der Waals surface area contributed by atoms with Crippen LogP contribution in [0.1, 0.15) is 25.7 Å². The highest BCUT2D eigenvalue weighted by Gasteiger charge is 2.74. The molecule has 1 spiro atoms. The van der Waals surface area contributed by atoms with Crippen LogP contribution in [-0.4, -0.2) is 17.2 Å². The third-order valence-electron chi connectivity index (χ3n) is 6.64. The molecule has 1 aromatic carbocycles. The smallest absolute Gasteiger partial charge is 0.232 e. The summed E-state index contributed by atoms with van der Waals surface area (Å²) in [6.45, 7) is 0. The quantitative estimate of drug-likeness (QED) is 0.847. The highest BCUT2D eigenvalue weighted by atomic mass is 79.9. The number of halogens is 1. The Bertz CT molecular complexity index is 624. The van der Waals surface area contributed by atoms with Crippen molar-refractivity contribution in [3.63, 3.8) is 0 Å². The number of rotatable bonds is 1. The van der Waals surface area contributed by atoms with E-state index in [9.17, 15) is 9.90 Å². The zero-order valence-corrected chi connectivity index (χ0v) is 13.3. The van der Waals surface area contributed by atoms with E-state index in [-0.39, 0.29) is 17.7 Å². The summed E-state index contributed by atoms with van der Waals surface area (Å²) in [6, 6.07) is 7.70. The third kappa shape index (κ3) is 1.41. The summed E-state index contributed by atoms with van der Waals surface area (Å²) >= 11 is 3.42. The molecule has 4 aliphatic rings. The molecule has 3 saturated carbocycles. The van der Waals surface area contributed by atoms with Crippen LogP contribution in [0.2, 0.25) is 0 Å². The molecule has 0 aromatic heterocycles. The predicted molar refractivity (Wildman–Crippen MR) is 82.5 cm³/mol. The molecule has 3 nitrogen and oxygen atoms in total. The summed E-state index contributed by atoms with van der Waals surface area (Å²) in [4.78, 5) is 14.6. The maximum Gasteiger partial charge on any atom is 0.232 e. The fourth-order valence-electron chi connectivity index (χ4n) is 5.80. The van der Waals surface area contributed by atoms with E-state index >= 15 is 0 Å². The second kappa shape index (κ2) is 3.90. The van der Waals surface area contributed by atoms with Crippen molar-refractivity contribution in [1.29, 1.82) is 0 Å². The number of nitrogens with zero attached hydrogens (tertiary/aromatic N) is 1. The number of aliphatic hydroxyl groups excluding tert-OH is 1. The minimum absolute atomic E-state index is 0.0740. The fourth-order valence-corrected chi connectivity index (χ4v) is 6.07. The van der Waals surface area contributed by atoms with Gasteiger partial charge in [0.05, 0.1) is 0 Å². The number of amides is 1. The standard InChI is InChI=1S/C17H18BrNO2/c18-9-1-3-10(4-2-9)19-15(20)13-11-5-6-12(14(13)16(19)21)17(11)7-8-17/h1-4,11-15,20H,5-8H2/t11-,12+,13+,14-,15?/m1/s1. The van der Waals surface area contributed by atoms with Crippen LogP contribution in [0.15, 0.2) is 28.7 Å². The Morgan fingerprint density at radius 1 is 1.14 bits per heavy atom. The number of hydrogen-bond acceptors (Lipinski definition) is 2. The van der Waals surface area contributed by atoms with Gasteiger partial charge in [-0.3, -0.25) is 9.69 Å². The molecule has 0 radical (unpaired) electrons. The first-order valence-electron chi connectivity index (χ1n) is 7.90. The first-order chi connectivity index (χ1) is 10.1. The Morgan fingerprint density at radius 2 is 1.81 bits per heavy atom. The van der Waals surface area contributed by atoms with Gasteiger partial charge in [0.25, 0.3) is 0 Å². The lowest BCUT2D eigenvalue weighted by Gasteiger charge is -2.28. The molecule has 1 N–H and O–H groups in total. The van der Waals surface area contributed by atoms with Gasteiger partial charge in [0.1, 0.15) is 6.23 Å². The summed E-state index contributed by atoms with van der Waals surface area (Å²) in [5.41, 5.74) is 1.27. The topological polar surface area (TPSA) is 40.5 Å². The second-order valence-electron chi connectivity index (χ2n) is 7.22. The maximum atomic E-state index is 12.9. The zero-order valence-electron chi connectivity index (χ0n) is 11.7. The van der Waals surface area contributed by atoms with Crippen molar-refractivity contribution in [3.8, 4) is 0 Å². The molecule has 4 heteroatoms. The van der Waals surface area contributed by atoms with Crippen molar-refractivity contribution in [2.24, 2.45) is 29.1 Å². The molecule has 4 fully saturated rings. The number of carbonyl (C=O) groups is 1. The Balaban J connectivity index is 1.54. The molecule has 1 heterocycles. The van der Waals surface area contributed by atoms with Gasteiger partial charge < -0.3 is 5.11 Å². The van der Waals surface area contributed by atoms with Crippen LogP contribution in [0.5, 0.6) is 0 Å². The maximum absolute atomic E-state index is 12.9. The molecule has 1 aromatic rings. The molecule has 5 rings (SSSR count). The van der Waals surface area contributed by atoms with E-state index in [1.165, 1.54) is 25.7 Å². The number of fused-ring (bicyclic) bond motifs is 3. The Morgan fingerprint density at radius 3 is 2.43 bits per heavy atom. The fraction of sp³-hybridized carbons (Fsp3) is 0.588. The molecule has 5 atom stereocenters. The van der Waals surface area contributed by atoms with Crippen LogP contribution >= 0.6 is 15.9 Å². The first-order valence-corrected chi connectivity index (χ1v) is 8.69. The Kier molecular flexibility index (Phi) is 2.35. The predicted octanol–water partition coefficient (Wildman–Crippen LogP) is 3.17. The molecule has 1 aliphatic heterocycles. The molecular formula is C17H18BrNO2. The van der Waals surface area contributed by atoms with Gasteiger partial charge in [-0.15, -0.1) is 0 Å². The van der Waals surface area contributed by atoms with E-state index in [2.05, 4.69) is 15.9 Å². The highest BCUT2D eigenvalue weighted by molar-refractivity contribution is 9.10. The van der Waals surface area contributed by atoms with Gasteiger partial charge >= 0.3 is 0 Å². The van der Waals surface area contributed by atoms with Crippen molar-refractivity contribution in [1.82, 2.24) is 0 Å². The van der Waals surface area contributed by atoms with Crippen molar-refractivity contribution >= 4 is 27.5 Å². The monoisotopic (exact) mass is 347 g/mol. The van der Waals surface area contributed by atoms with Crippen LogP contribution in [0.3, 0.4) is 0 Å².